The summed E-state index contributed by atoms with van der Waals surface area (Å²) in [5, 5.41) is 13.0. The lowest BCUT2D eigenvalue weighted by molar-refractivity contribution is -0.385. The number of nitro groups is 1. The van der Waals surface area contributed by atoms with Crippen molar-refractivity contribution < 1.29 is 14.5 Å². The molecule has 2 aromatic rings. The number of hydrogen-bond acceptors (Lipinski definition) is 6. The summed E-state index contributed by atoms with van der Waals surface area (Å²) >= 11 is 1.46. The summed E-state index contributed by atoms with van der Waals surface area (Å²) in [5.74, 6) is 0.342. The first kappa shape index (κ1) is 17.4. The second-order valence-electron chi connectivity index (χ2n) is 5.81. The maximum absolute atomic E-state index is 12.3. The van der Waals surface area contributed by atoms with Crippen molar-refractivity contribution >= 4 is 22.9 Å². The van der Waals surface area contributed by atoms with Gasteiger partial charge in [0.15, 0.2) is 5.75 Å². The topological polar surface area (TPSA) is 75.9 Å². The van der Waals surface area contributed by atoms with Gasteiger partial charge >= 0.3 is 5.69 Å². The van der Waals surface area contributed by atoms with E-state index in [1.54, 1.807) is 12.1 Å². The van der Waals surface area contributed by atoms with Gasteiger partial charge in [-0.05, 0) is 23.1 Å². The van der Waals surface area contributed by atoms with Crippen molar-refractivity contribution in [2.45, 2.75) is 6.54 Å². The van der Waals surface area contributed by atoms with E-state index in [0.717, 1.165) is 23.5 Å². The zero-order chi connectivity index (χ0) is 17.8. The van der Waals surface area contributed by atoms with Crippen LogP contribution >= 0.6 is 11.3 Å². The molecular formula is C17H19N3O4S. The fourth-order valence-corrected chi connectivity index (χ4v) is 3.59. The van der Waals surface area contributed by atoms with Crippen LogP contribution in [-0.4, -0.2) is 53.9 Å². The molecular weight excluding hydrogens is 342 g/mol. The first-order valence-electron chi connectivity index (χ1n) is 7.95. The Bertz CT molecular complexity index is 755. The molecule has 1 aliphatic heterocycles. The Labute approximate surface area is 149 Å². The van der Waals surface area contributed by atoms with Crippen LogP contribution in [0.4, 0.5) is 5.69 Å². The van der Waals surface area contributed by atoms with E-state index >= 15 is 0 Å². The molecule has 0 spiro atoms. The van der Waals surface area contributed by atoms with Gasteiger partial charge in [-0.15, -0.1) is 11.3 Å². The molecule has 1 amide bonds. The van der Waals surface area contributed by atoms with Gasteiger partial charge in [-0.1, -0.05) is 12.1 Å². The van der Waals surface area contributed by atoms with Crippen LogP contribution in [0, 0.1) is 10.1 Å². The molecule has 1 aliphatic rings. The van der Waals surface area contributed by atoms with Crippen LogP contribution in [0.2, 0.25) is 0 Å². The van der Waals surface area contributed by atoms with E-state index in [9.17, 15) is 14.9 Å². The number of carbonyl (C=O) groups is 1. The lowest BCUT2D eigenvalue weighted by Crippen LogP contribution is -2.48. The standard InChI is InChI=1S/C17H19N3O4S/c1-24-15-5-4-13(11-14(15)20(22)23)12-18-6-8-19(9-7-18)17(21)16-3-2-10-25-16/h2-5,10-11H,6-9,12H2,1H3. The van der Waals surface area contributed by atoms with Gasteiger partial charge in [-0.2, -0.15) is 0 Å². The fraction of sp³-hybridized carbons (Fsp3) is 0.353. The Kier molecular flexibility index (Phi) is 5.30. The molecule has 0 aliphatic carbocycles. The van der Waals surface area contributed by atoms with Gasteiger partial charge in [0.2, 0.25) is 0 Å². The Hall–Kier alpha value is -2.45. The minimum absolute atomic E-state index is 0.0218. The zero-order valence-corrected chi connectivity index (χ0v) is 14.7. The average Bonchev–Trinajstić information content (AvgIpc) is 3.16. The van der Waals surface area contributed by atoms with Crippen molar-refractivity contribution in [3.05, 3.63) is 56.3 Å². The Morgan fingerprint density at radius 3 is 2.64 bits per heavy atom. The smallest absolute Gasteiger partial charge is 0.311 e. The molecule has 3 rings (SSSR count). The average molecular weight is 361 g/mol. The van der Waals surface area contributed by atoms with E-state index in [1.165, 1.54) is 18.4 Å². The molecule has 0 atom stereocenters. The molecule has 1 saturated heterocycles. The van der Waals surface area contributed by atoms with Gasteiger partial charge in [0.1, 0.15) is 0 Å². The molecule has 1 fully saturated rings. The van der Waals surface area contributed by atoms with Gasteiger partial charge < -0.3 is 9.64 Å². The van der Waals surface area contributed by atoms with Crippen molar-refractivity contribution in [3.63, 3.8) is 0 Å². The number of methoxy groups -OCH3 is 1. The number of benzene rings is 1. The first-order valence-corrected chi connectivity index (χ1v) is 8.83. The molecule has 0 bridgehead atoms. The highest BCUT2D eigenvalue weighted by atomic mass is 32.1. The van der Waals surface area contributed by atoms with Crippen LogP contribution < -0.4 is 4.74 Å². The molecule has 0 radical (unpaired) electrons. The summed E-state index contributed by atoms with van der Waals surface area (Å²) in [5.41, 5.74) is 0.844. The quantitative estimate of drug-likeness (QED) is 0.604. The Morgan fingerprint density at radius 1 is 1.28 bits per heavy atom. The van der Waals surface area contributed by atoms with E-state index < -0.39 is 4.92 Å². The molecule has 0 saturated carbocycles. The second-order valence-corrected chi connectivity index (χ2v) is 6.76. The summed E-state index contributed by atoms with van der Waals surface area (Å²) in [4.78, 5) is 27.9. The summed E-state index contributed by atoms with van der Waals surface area (Å²) in [6.45, 7) is 3.43. The van der Waals surface area contributed by atoms with Crippen molar-refractivity contribution in [1.82, 2.24) is 9.80 Å². The molecule has 1 aromatic heterocycles. The van der Waals surface area contributed by atoms with Crippen LogP contribution in [0.15, 0.2) is 35.7 Å². The highest BCUT2D eigenvalue weighted by Crippen LogP contribution is 2.28. The largest absolute Gasteiger partial charge is 0.490 e. The SMILES string of the molecule is COc1ccc(CN2CCN(C(=O)c3cccs3)CC2)cc1[N+](=O)[O-]. The molecule has 2 heterocycles. The molecule has 8 heteroatoms. The summed E-state index contributed by atoms with van der Waals surface area (Å²) in [6, 6.07) is 8.75. The van der Waals surface area contributed by atoms with Crippen LogP contribution in [0.3, 0.4) is 0 Å². The molecule has 0 unspecified atom stereocenters. The van der Waals surface area contributed by atoms with Crippen molar-refractivity contribution in [2.24, 2.45) is 0 Å². The number of hydrogen-bond donors (Lipinski definition) is 0. The number of rotatable bonds is 5. The van der Waals surface area contributed by atoms with E-state index in [0.29, 0.717) is 19.6 Å². The highest BCUT2D eigenvalue weighted by Gasteiger charge is 2.23. The third-order valence-electron chi connectivity index (χ3n) is 4.24. The van der Waals surface area contributed by atoms with E-state index in [-0.39, 0.29) is 17.3 Å². The monoisotopic (exact) mass is 361 g/mol. The maximum Gasteiger partial charge on any atom is 0.311 e. The van der Waals surface area contributed by atoms with Gasteiger partial charge in [-0.3, -0.25) is 19.8 Å². The molecule has 7 nitrogen and oxygen atoms in total. The Morgan fingerprint density at radius 2 is 2.04 bits per heavy atom. The molecule has 132 valence electrons. The highest BCUT2D eigenvalue weighted by molar-refractivity contribution is 7.12. The van der Waals surface area contributed by atoms with E-state index in [2.05, 4.69) is 4.90 Å². The van der Waals surface area contributed by atoms with Crippen LogP contribution in [0.5, 0.6) is 5.75 Å². The predicted molar refractivity (Wildman–Crippen MR) is 95.1 cm³/mol. The van der Waals surface area contributed by atoms with Gasteiger partial charge in [0.05, 0.1) is 16.9 Å². The molecule has 1 aromatic carbocycles. The third-order valence-corrected chi connectivity index (χ3v) is 5.10. The minimum Gasteiger partial charge on any atom is -0.490 e. The third kappa shape index (κ3) is 3.97. The van der Waals surface area contributed by atoms with Crippen LogP contribution in [0.1, 0.15) is 15.2 Å². The Balaban J connectivity index is 1.60. The number of nitro benzene ring substituents is 1. The normalized spacial score (nSPS) is 15.2. The zero-order valence-electron chi connectivity index (χ0n) is 13.9. The summed E-state index contributed by atoms with van der Waals surface area (Å²) in [7, 11) is 1.42. The molecule has 0 N–H and O–H groups in total. The van der Waals surface area contributed by atoms with Gasteiger partial charge in [0, 0.05) is 38.8 Å². The minimum atomic E-state index is -0.431. The predicted octanol–water partition coefficient (Wildman–Crippen LogP) is 2.62. The lowest BCUT2D eigenvalue weighted by Gasteiger charge is -2.34. The fourth-order valence-electron chi connectivity index (χ4n) is 2.90. The second kappa shape index (κ2) is 7.62. The number of piperazine rings is 1. The van der Waals surface area contributed by atoms with Crippen molar-refractivity contribution in [1.29, 1.82) is 0 Å². The van der Waals surface area contributed by atoms with Crippen LogP contribution in [-0.2, 0) is 6.54 Å². The van der Waals surface area contributed by atoms with E-state index in [1.807, 2.05) is 28.5 Å². The lowest BCUT2D eigenvalue weighted by atomic mass is 10.1. The van der Waals surface area contributed by atoms with Crippen LogP contribution in [0.25, 0.3) is 0 Å². The number of ether oxygens (including phenoxy) is 1. The number of thiophene rings is 1. The first-order chi connectivity index (χ1) is 12.1. The van der Waals surface area contributed by atoms with Gasteiger partial charge in [0.25, 0.3) is 5.91 Å². The maximum atomic E-state index is 12.3. The van der Waals surface area contributed by atoms with Crippen molar-refractivity contribution in [3.8, 4) is 5.75 Å². The summed E-state index contributed by atoms with van der Waals surface area (Å²) < 4.78 is 5.03. The molecule has 25 heavy (non-hydrogen) atoms. The van der Waals surface area contributed by atoms with Gasteiger partial charge in [-0.25, -0.2) is 0 Å². The summed E-state index contributed by atoms with van der Waals surface area (Å²) in [6.07, 6.45) is 0. The number of carbonyl (C=O) groups excluding carboxylic acids is 1. The van der Waals surface area contributed by atoms with Crippen molar-refractivity contribution in [2.75, 3.05) is 33.3 Å². The number of amides is 1. The van der Waals surface area contributed by atoms with E-state index in [4.69, 9.17) is 4.74 Å². The number of nitrogens with zero attached hydrogens (tertiary/aromatic N) is 3.